The largest absolute Gasteiger partial charge is 0.507 e. The monoisotopic (exact) mass is 209 g/mol. The molecule has 3 N–H and O–H groups in total. The Balaban J connectivity index is 2.83. The first-order chi connectivity index (χ1) is 7.00. The molecular formula is C11H15NO3. The smallest absolute Gasteiger partial charge is 0.252 e. The van der Waals surface area contributed by atoms with Gasteiger partial charge in [-0.15, -0.1) is 0 Å². The van der Waals surface area contributed by atoms with Crippen molar-refractivity contribution >= 4 is 5.91 Å². The number of primary amides is 1. The van der Waals surface area contributed by atoms with Crippen molar-refractivity contribution in [3.05, 3.63) is 23.8 Å². The van der Waals surface area contributed by atoms with E-state index in [0.717, 1.165) is 0 Å². The van der Waals surface area contributed by atoms with E-state index in [1.54, 1.807) is 6.07 Å². The number of aromatic hydroxyl groups is 1. The average Bonchev–Trinajstić information content (AvgIpc) is 2.16. The van der Waals surface area contributed by atoms with Crippen molar-refractivity contribution in [3.63, 3.8) is 0 Å². The molecule has 0 atom stereocenters. The highest BCUT2D eigenvalue weighted by Crippen LogP contribution is 2.22. The first kappa shape index (κ1) is 11.4. The SMILES string of the molecule is CC(C)COc1ccc(O)c(C(N)=O)c1. The molecule has 0 fully saturated rings. The lowest BCUT2D eigenvalue weighted by molar-refractivity contribution is 0.0997. The first-order valence-corrected chi connectivity index (χ1v) is 4.76. The van der Waals surface area contributed by atoms with Crippen LogP contribution in [0.5, 0.6) is 11.5 Å². The molecule has 0 saturated carbocycles. The highest BCUT2D eigenvalue weighted by molar-refractivity contribution is 5.95. The Bertz CT molecular complexity index is 361. The zero-order valence-corrected chi connectivity index (χ0v) is 8.86. The molecule has 0 unspecified atom stereocenters. The second kappa shape index (κ2) is 4.68. The minimum atomic E-state index is -0.664. The summed E-state index contributed by atoms with van der Waals surface area (Å²) < 4.78 is 5.39. The van der Waals surface area contributed by atoms with Crippen molar-refractivity contribution in [1.82, 2.24) is 0 Å². The Morgan fingerprint density at radius 2 is 2.20 bits per heavy atom. The molecule has 4 nitrogen and oxygen atoms in total. The van der Waals surface area contributed by atoms with E-state index in [9.17, 15) is 9.90 Å². The quantitative estimate of drug-likeness (QED) is 0.789. The predicted molar refractivity (Wildman–Crippen MR) is 57.0 cm³/mol. The molecule has 0 bridgehead atoms. The van der Waals surface area contributed by atoms with Crippen LogP contribution in [0.15, 0.2) is 18.2 Å². The number of nitrogens with two attached hydrogens (primary N) is 1. The van der Waals surface area contributed by atoms with E-state index in [4.69, 9.17) is 10.5 Å². The molecule has 4 heteroatoms. The zero-order valence-electron chi connectivity index (χ0n) is 8.86. The number of hydrogen-bond acceptors (Lipinski definition) is 3. The van der Waals surface area contributed by atoms with Gasteiger partial charge in [-0.1, -0.05) is 13.8 Å². The van der Waals surface area contributed by atoms with E-state index in [0.29, 0.717) is 18.3 Å². The number of rotatable bonds is 4. The maximum absolute atomic E-state index is 10.9. The summed E-state index contributed by atoms with van der Waals surface area (Å²) in [6.45, 7) is 4.60. The number of phenols is 1. The number of amides is 1. The Kier molecular flexibility index (Phi) is 3.55. The molecule has 1 aromatic rings. The average molecular weight is 209 g/mol. The number of hydrogen-bond donors (Lipinski definition) is 2. The summed E-state index contributed by atoms with van der Waals surface area (Å²) in [5.74, 6) is 0.146. The van der Waals surface area contributed by atoms with Gasteiger partial charge in [-0.05, 0) is 24.1 Å². The van der Waals surface area contributed by atoms with Gasteiger partial charge in [-0.3, -0.25) is 4.79 Å². The minimum Gasteiger partial charge on any atom is -0.507 e. The van der Waals surface area contributed by atoms with Gasteiger partial charge in [0.1, 0.15) is 11.5 Å². The van der Waals surface area contributed by atoms with Gasteiger partial charge in [0.2, 0.25) is 0 Å². The van der Waals surface area contributed by atoms with Crippen LogP contribution in [0.4, 0.5) is 0 Å². The molecule has 0 aliphatic rings. The summed E-state index contributed by atoms with van der Waals surface area (Å²) in [5, 5.41) is 9.33. The number of ether oxygens (including phenoxy) is 1. The molecule has 0 radical (unpaired) electrons. The highest BCUT2D eigenvalue weighted by atomic mass is 16.5. The highest BCUT2D eigenvalue weighted by Gasteiger charge is 2.08. The van der Waals surface area contributed by atoms with Crippen LogP contribution in [-0.4, -0.2) is 17.6 Å². The van der Waals surface area contributed by atoms with E-state index in [1.807, 2.05) is 13.8 Å². The summed E-state index contributed by atoms with van der Waals surface area (Å²) >= 11 is 0. The van der Waals surface area contributed by atoms with Crippen molar-refractivity contribution in [1.29, 1.82) is 0 Å². The van der Waals surface area contributed by atoms with Gasteiger partial charge >= 0.3 is 0 Å². The number of carbonyl (C=O) groups excluding carboxylic acids is 1. The van der Waals surface area contributed by atoms with Crippen molar-refractivity contribution in [3.8, 4) is 11.5 Å². The molecule has 0 heterocycles. The van der Waals surface area contributed by atoms with Crippen LogP contribution in [0.1, 0.15) is 24.2 Å². The Morgan fingerprint density at radius 1 is 1.53 bits per heavy atom. The van der Waals surface area contributed by atoms with Gasteiger partial charge in [-0.25, -0.2) is 0 Å². The van der Waals surface area contributed by atoms with Gasteiger partial charge in [0.05, 0.1) is 12.2 Å². The van der Waals surface area contributed by atoms with Gasteiger partial charge in [0.15, 0.2) is 0 Å². The number of carbonyl (C=O) groups is 1. The van der Waals surface area contributed by atoms with Crippen LogP contribution in [0.3, 0.4) is 0 Å². The molecule has 82 valence electrons. The lowest BCUT2D eigenvalue weighted by Crippen LogP contribution is -2.12. The van der Waals surface area contributed by atoms with E-state index >= 15 is 0 Å². The fourth-order valence-corrected chi connectivity index (χ4v) is 1.07. The fraction of sp³-hybridized carbons (Fsp3) is 0.364. The molecule has 0 aliphatic heterocycles. The van der Waals surface area contributed by atoms with Crippen molar-refractivity contribution < 1.29 is 14.6 Å². The van der Waals surface area contributed by atoms with E-state index in [2.05, 4.69) is 0 Å². The van der Waals surface area contributed by atoms with E-state index < -0.39 is 5.91 Å². The lowest BCUT2D eigenvalue weighted by Gasteiger charge is -2.09. The molecule has 0 saturated heterocycles. The van der Waals surface area contributed by atoms with E-state index in [1.165, 1.54) is 12.1 Å². The summed E-state index contributed by atoms with van der Waals surface area (Å²) in [7, 11) is 0. The summed E-state index contributed by atoms with van der Waals surface area (Å²) in [6.07, 6.45) is 0. The second-order valence-corrected chi connectivity index (χ2v) is 3.75. The van der Waals surface area contributed by atoms with Gasteiger partial charge in [0.25, 0.3) is 5.91 Å². The van der Waals surface area contributed by atoms with Crippen molar-refractivity contribution in [2.75, 3.05) is 6.61 Å². The topological polar surface area (TPSA) is 72.6 Å². The normalized spacial score (nSPS) is 10.3. The molecule has 0 aliphatic carbocycles. The van der Waals surface area contributed by atoms with Crippen LogP contribution < -0.4 is 10.5 Å². The van der Waals surface area contributed by atoms with Crippen LogP contribution >= 0.6 is 0 Å². The summed E-state index contributed by atoms with van der Waals surface area (Å²) in [6, 6.07) is 4.44. The summed E-state index contributed by atoms with van der Waals surface area (Å²) in [4.78, 5) is 10.9. The molecule has 0 spiro atoms. The minimum absolute atomic E-state index is 0.0799. The first-order valence-electron chi connectivity index (χ1n) is 4.76. The molecule has 1 aromatic carbocycles. The molecule has 1 rings (SSSR count). The van der Waals surface area contributed by atoms with Crippen LogP contribution in [0.2, 0.25) is 0 Å². The van der Waals surface area contributed by atoms with Gasteiger partial charge in [-0.2, -0.15) is 0 Å². The lowest BCUT2D eigenvalue weighted by atomic mass is 10.2. The third-order valence-corrected chi connectivity index (χ3v) is 1.82. The van der Waals surface area contributed by atoms with Gasteiger partial charge < -0.3 is 15.6 Å². The maximum atomic E-state index is 10.9. The zero-order chi connectivity index (χ0) is 11.4. The molecule has 15 heavy (non-hydrogen) atoms. The summed E-state index contributed by atoms with van der Waals surface area (Å²) in [5.41, 5.74) is 5.16. The van der Waals surface area contributed by atoms with Crippen LogP contribution in [-0.2, 0) is 0 Å². The third-order valence-electron chi connectivity index (χ3n) is 1.82. The predicted octanol–water partition coefficient (Wildman–Crippen LogP) is 1.53. The second-order valence-electron chi connectivity index (χ2n) is 3.75. The molecule has 0 aromatic heterocycles. The van der Waals surface area contributed by atoms with Crippen molar-refractivity contribution in [2.24, 2.45) is 11.7 Å². The Hall–Kier alpha value is -1.71. The fourth-order valence-electron chi connectivity index (χ4n) is 1.07. The standard InChI is InChI=1S/C11H15NO3/c1-7(2)6-15-8-3-4-10(13)9(5-8)11(12)14/h3-5,7,13H,6H2,1-2H3,(H2,12,14). The molecule has 1 amide bonds. The molecular weight excluding hydrogens is 194 g/mol. The van der Waals surface area contributed by atoms with Crippen LogP contribution in [0, 0.1) is 5.92 Å². The third kappa shape index (κ3) is 3.16. The Morgan fingerprint density at radius 3 is 2.73 bits per heavy atom. The Labute approximate surface area is 88.7 Å². The van der Waals surface area contributed by atoms with Gasteiger partial charge in [0, 0.05) is 0 Å². The maximum Gasteiger partial charge on any atom is 0.252 e. The number of benzene rings is 1. The van der Waals surface area contributed by atoms with E-state index in [-0.39, 0.29) is 11.3 Å². The van der Waals surface area contributed by atoms with Crippen molar-refractivity contribution in [2.45, 2.75) is 13.8 Å². The van der Waals surface area contributed by atoms with Crippen LogP contribution in [0.25, 0.3) is 0 Å².